The third-order valence-corrected chi connectivity index (χ3v) is 3.52. The maximum absolute atomic E-state index is 10.1. The topological polar surface area (TPSA) is 48.9 Å². The van der Waals surface area contributed by atoms with Gasteiger partial charge in [0, 0.05) is 22.4 Å². The minimum absolute atomic E-state index is 0.274. The van der Waals surface area contributed by atoms with E-state index in [0.717, 1.165) is 33.2 Å². The molecule has 1 aromatic heterocycles. The van der Waals surface area contributed by atoms with E-state index in [-0.39, 0.29) is 5.75 Å². The number of nitrogens with one attached hydrogen (secondary N) is 1. The first-order valence-corrected chi connectivity index (χ1v) is 6.49. The SMILES string of the molecule is Oc1cc2[nH]c(-c3ccccc3)nc2c2ccccc12. The molecule has 0 saturated carbocycles. The number of rotatable bonds is 1. The van der Waals surface area contributed by atoms with E-state index in [0.29, 0.717) is 0 Å². The molecule has 0 saturated heterocycles. The smallest absolute Gasteiger partial charge is 0.138 e. The predicted octanol–water partition coefficient (Wildman–Crippen LogP) is 4.09. The summed E-state index contributed by atoms with van der Waals surface area (Å²) >= 11 is 0. The molecule has 0 atom stereocenters. The Balaban J connectivity index is 2.07. The summed E-state index contributed by atoms with van der Waals surface area (Å²) in [6, 6.07) is 19.5. The third kappa shape index (κ3) is 1.57. The van der Waals surface area contributed by atoms with Crippen LogP contribution in [0, 0.1) is 0 Å². The number of benzene rings is 3. The summed E-state index contributed by atoms with van der Waals surface area (Å²) in [5.74, 6) is 1.09. The Bertz CT molecular complexity index is 910. The zero-order valence-corrected chi connectivity index (χ0v) is 10.7. The average Bonchev–Trinajstić information content (AvgIpc) is 2.93. The van der Waals surface area contributed by atoms with Crippen LogP contribution in [0.4, 0.5) is 0 Å². The van der Waals surface area contributed by atoms with Crippen molar-refractivity contribution in [3.8, 4) is 17.1 Å². The zero-order chi connectivity index (χ0) is 13.5. The van der Waals surface area contributed by atoms with Crippen LogP contribution < -0.4 is 0 Å². The first-order chi connectivity index (χ1) is 9.83. The Morgan fingerprint density at radius 2 is 1.55 bits per heavy atom. The monoisotopic (exact) mass is 260 g/mol. The van der Waals surface area contributed by atoms with Crippen LogP contribution in [-0.4, -0.2) is 15.1 Å². The quantitative estimate of drug-likeness (QED) is 0.541. The molecule has 4 rings (SSSR count). The lowest BCUT2D eigenvalue weighted by Crippen LogP contribution is -1.78. The van der Waals surface area contributed by atoms with Crippen molar-refractivity contribution in [1.82, 2.24) is 9.97 Å². The largest absolute Gasteiger partial charge is 0.507 e. The van der Waals surface area contributed by atoms with Gasteiger partial charge in [0.25, 0.3) is 0 Å². The number of phenols is 1. The minimum Gasteiger partial charge on any atom is -0.507 e. The van der Waals surface area contributed by atoms with Crippen molar-refractivity contribution in [2.45, 2.75) is 0 Å². The molecule has 0 amide bonds. The van der Waals surface area contributed by atoms with E-state index >= 15 is 0 Å². The molecular weight excluding hydrogens is 248 g/mol. The van der Waals surface area contributed by atoms with Gasteiger partial charge >= 0.3 is 0 Å². The van der Waals surface area contributed by atoms with E-state index < -0.39 is 0 Å². The van der Waals surface area contributed by atoms with Gasteiger partial charge in [-0.3, -0.25) is 0 Å². The fourth-order valence-electron chi connectivity index (χ4n) is 2.56. The van der Waals surface area contributed by atoms with Crippen LogP contribution in [0.3, 0.4) is 0 Å². The highest BCUT2D eigenvalue weighted by Gasteiger charge is 2.10. The molecular formula is C17H12N2O. The number of hydrogen-bond acceptors (Lipinski definition) is 2. The number of nitrogens with zero attached hydrogens (tertiary/aromatic N) is 1. The molecule has 0 aliphatic carbocycles. The minimum atomic E-state index is 0.274. The van der Waals surface area contributed by atoms with Gasteiger partial charge in [-0.1, -0.05) is 54.6 Å². The van der Waals surface area contributed by atoms with E-state index in [1.165, 1.54) is 0 Å². The van der Waals surface area contributed by atoms with Gasteiger partial charge in [-0.15, -0.1) is 0 Å². The van der Waals surface area contributed by atoms with E-state index in [9.17, 15) is 5.11 Å². The van der Waals surface area contributed by atoms with Crippen LogP contribution in [0.25, 0.3) is 33.2 Å². The van der Waals surface area contributed by atoms with E-state index in [1.54, 1.807) is 6.07 Å². The lowest BCUT2D eigenvalue weighted by atomic mass is 10.1. The van der Waals surface area contributed by atoms with Gasteiger partial charge in [0.05, 0.1) is 11.0 Å². The second kappa shape index (κ2) is 4.10. The van der Waals surface area contributed by atoms with Crippen molar-refractivity contribution < 1.29 is 5.11 Å². The Hall–Kier alpha value is -2.81. The van der Waals surface area contributed by atoms with Gasteiger partial charge in [-0.05, 0) is 0 Å². The Labute approximate surface area is 115 Å². The average molecular weight is 260 g/mol. The van der Waals surface area contributed by atoms with Crippen LogP contribution >= 0.6 is 0 Å². The molecule has 4 aromatic rings. The van der Waals surface area contributed by atoms with Gasteiger partial charge in [-0.25, -0.2) is 4.98 Å². The summed E-state index contributed by atoms with van der Waals surface area (Å²) in [5, 5.41) is 11.9. The standard InChI is InChI=1S/C17H12N2O/c20-15-10-14-16(13-9-5-4-8-12(13)15)19-17(18-14)11-6-2-1-3-7-11/h1-10,20H,(H,18,19). The Morgan fingerprint density at radius 3 is 2.35 bits per heavy atom. The van der Waals surface area contributed by atoms with Gasteiger partial charge < -0.3 is 10.1 Å². The lowest BCUT2D eigenvalue weighted by Gasteiger charge is -2.00. The van der Waals surface area contributed by atoms with Crippen LogP contribution in [0.1, 0.15) is 0 Å². The van der Waals surface area contributed by atoms with E-state index in [1.807, 2.05) is 54.6 Å². The van der Waals surface area contributed by atoms with Crippen LogP contribution in [0.2, 0.25) is 0 Å². The molecule has 3 heteroatoms. The maximum Gasteiger partial charge on any atom is 0.138 e. The number of phenolic OH excluding ortho intramolecular Hbond substituents is 1. The van der Waals surface area contributed by atoms with Crippen molar-refractivity contribution in [3.05, 3.63) is 60.7 Å². The first kappa shape index (κ1) is 11.1. The molecule has 20 heavy (non-hydrogen) atoms. The van der Waals surface area contributed by atoms with E-state index in [4.69, 9.17) is 0 Å². The fraction of sp³-hybridized carbons (Fsp3) is 0. The zero-order valence-electron chi connectivity index (χ0n) is 10.7. The molecule has 0 unspecified atom stereocenters. The highest BCUT2D eigenvalue weighted by molar-refractivity contribution is 6.07. The molecule has 2 N–H and O–H groups in total. The van der Waals surface area contributed by atoms with Gasteiger partial charge in [0.2, 0.25) is 0 Å². The van der Waals surface area contributed by atoms with Crippen molar-refractivity contribution in [2.75, 3.05) is 0 Å². The second-order valence-electron chi connectivity index (χ2n) is 4.79. The van der Waals surface area contributed by atoms with Gasteiger partial charge in [-0.2, -0.15) is 0 Å². The summed E-state index contributed by atoms with van der Waals surface area (Å²) in [6.45, 7) is 0. The van der Waals surface area contributed by atoms with Gasteiger partial charge in [0.1, 0.15) is 11.6 Å². The predicted molar refractivity (Wildman–Crippen MR) is 80.7 cm³/mol. The van der Waals surface area contributed by atoms with Crippen molar-refractivity contribution >= 4 is 21.8 Å². The summed E-state index contributed by atoms with van der Waals surface area (Å²) in [5.41, 5.74) is 2.77. The molecule has 3 aromatic carbocycles. The molecule has 0 fully saturated rings. The number of aromatic nitrogens is 2. The molecule has 0 radical (unpaired) electrons. The molecule has 0 aliphatic heterocycles. The number of aromatic amines is 1. The normalized spacial score (nSPS) is 11.2. The second-order valence-corrected chi connectivity index (χ2v) is 4.79. The van der Waals surface area contributed by atoms with Gasteiger partial charge in [0.15, 0.2) is 0 Å². The first-order valence-electron chi connectivity index (χ1n) is 6.49. The summed E-state index contributed by atoms with van der Waals surface area (Å²) in [6.07, 6.45) is 0. The van der Waals surface area contributed by atoms with Crippen LogP contribution in [-0.2, 0) is 0 Å². The summed E-state index contributed by atoms with van der Waals surface area (Å²) < 4.78 is 0. The number of imidazole rings is 1. The van der Waals surface area contributed by atoms with E-state index in [2.05, 4.69) is 9.97 Å². The van der Waals surface area contributed by atoms with Crippen molar-refractivity contribution in [1.29, 1.82) is 0 Å². The highest BCUT2D eigenvalue weighted by atomic mass is 16.3. The number of H-pyrrole nitrogens is 1. The highest BCUT2D eigenvalue weighted by Crippen LogP contribution is 2.32. The molecule has 3 nitrogen and oxygen atoms in total. The molecule has 0 spiro atoms. The number of fused-ring (bicyclic) bond motifs is 3. The summed E-state index contributed by atoms with van der Waals surface area (Å²) in [7, 11) is 0. The maximum atomic E-state index is 10.1. The number of aromatic hydroxyl groups is 1. The third-order valence-electron chi connectivity index (χ3n) is 3.52. The fourth-order valence-corrected chi connectivity index (χ4v) is 2.56. The van der Waals surface area contributed by atoms with Crippen molar-refractivity contribution in [2.24, 2.45) is 0 Å². The summed E-state index contributed by atoms with van der Waals surface area (Å²) in [4.78, 5) is 7.96. The van der Waals surface area contributed by atoms with Crippen LogP contribution in [0.15, 0.2) is 60.7 Å². The Kier molecular flexibility index (Phi) is 2.27. The van der Waals surface area contributed by atoms with Crippen LogP contribution in [0.5, 0.6) is 5.75 Å². The number of hydrogen-bond donors (Lipinski definition) is 2. The Morgan fingerprint density at radius 1 is 0.850 bits per heavy atom. The lowest BCUT2D eigenvalue weighted by molar-refractivity contribution is 0.482. The molecule has 0 aliphatic rings. The molecule has 96 valence electrons. The van der Waals surface area contributed by atoms with Crippen molar-refractivity contribution in [3.63, 3.8) is 0 Å². The molecule has 0 bridgehead atoms. The molecule has 1 heterocycles.